The lowest BCUT2D eigenvalue weighted by atomic mass is 10.1. The van der Waals surface area contributed by atoms with Crippen molar-refractivity contribution in [3.63, 3.8) is 0 Å². The van der Waals surface area contributed by atoms with Crippen molar-refractivity contribution in [3.05, 3.63) is 98.8 Å². The normalized spacial score (nSPS) is 11.3. The number of aliphatic carboxylic acids is 1. The second kappa shape index (κ2) is 10.7. The number of benzene rings is 2. The van der Waals surface area contributed by atoms with Crippen LogP contribution in [0.25, 0.3) is 21.0 Å². The topological polar surface area (TPSA) is 92.3 Å². The lowest BCUT2D eigenvalue weighted by molar-refractivity contribution is -0.138. The highest BCUT2D eigenvalue weighted by Crippen LogP contribution is 2.39. The number of carboxylic acid groups (broad SMARTS) is 1. The number of aromatic nitrogens is 1. The Morgan fingerprint density at radius 1 is 1.05 bits per heavy atom. The van der Waals surface area contributed by atoms with Gasteiger partial charge in [0.05, 0.1) is 36.2 Å². The molecule has 0 aliphatic rings. The smallest absolute Gasteiger partial charge is 0.417 e. The fraction of sp³-hybridized carbons (Fsp3) is 0.148. The molecule has 0 spiro atoms. The Morgan fingerprint density at radius 2 is 1.77 bits per heavy atom. The van der Waals surface area contributed by atoms with Gasteiger partial charge < -0.3 is 14.4 Å². The highest BCUT2D eigenvalue weighted by Gasteiger charge is 2.37. The molecule has 2 heterocycles. The van der Waals surface area contributed by atoms with Crippen LogP contribution in [0.3, 0.4) is 0 Å². The Morgan fingerprint density at radius 3 is 2.38 bits per heavy atom. The van der Waals surface area contributed by atoms with Crippen molar-refractivity contribution < 1.29 is 36.6 Å². The molecular formula is C27H17F5N2O4S. The summed E-state index contributed by atoms with van der Waals surface area (Å²) in [6, 6.07) is 12.3. The van der Waals surface area contributed by atoms with Crippen molar-refractivity contribution >= 4 is 17.3 Å². The molecule has 0 fully saturated rings. The van der Waals surface area contributed by atoms with Gasteiger partial charge in [0.2, 0.25) is 0 Å². The van der Waals surface area contributed by atoms with Crippen LogP contribution in [0.4, 0.5) is 22.0 Å². The van der Waals surface area contributed by atoms with Gasteiger partial charge in [-0.15, -0.1) is 11.3 Å². The van der Waals surface area contributed by atoms with Gasteiger partial charge >= 0.3 is 12.1 Å². The number of thiophene rings is 1. The third kappa shape index (κ3) is 5.68. The van der Waals surface area contributed by atoms with Crippen LogP contribution in [-0.2, 0) is 23.9 Å². The van der Waals surface area contributed by atoms with Crippen molar-refractivity contribution in [3.8, 4) is 32.8 Å². The zero-order valence-electron chi connectivity index (χ0n) is 20.0. The monoisotopic (exact) mass is 560 g/mol. The van der Waals surface area contributed by atoms with E-state index in [1.807, 2.05) is 0 Å². The van der Waals surface area contributed by atoms with Crippen LogP contribution in [0.2, 0.25) is 0 Å². The standard InChI is InChI=1S/C27H17F5N2O4S/c1-38-22-5-3-14(8-16(22)9-25(35)36)23-6-7-24(39-23)21-11-19(27(30,31)32)18(12-33)26(37)34(21)13-15-2-4-17(28)10-20(15)29/h2-8,10-11H,9,13H2,1H3,(H,35,36). The summed E-state index contributed by atoms with van der Waals surface area (Å²) < 4.78 is 75.3. The number of methoxy groups -OCH3 is 1. The van der Waals surface area contributed by atoms with E-state index in [4.69, 9.17) is 4.74 Å². The Bertz CT molecular complexity index is 1690. The molecule has 0 atom stereocenters. The molecule has 0 bridgehead atoms. The Labute approximate surface area is 221 Å². The summed E-state index contributed by atoms with van der Waals surface area (Å²) in [5.74, 6) is -2.64. The van der Waals surface area contributed by atoms with Crippen LogP contribution in [0, 0.1) is 23.0 Å². The molecule has 4 aromatic rings. The number of alkyl halides is 3. The molecule has 0 unspecified atom stereocenters. The molecule has 0 amide bonds. The number of hydrogen-bond acceptors (Lipinski definition) is 5. The van der Waals surface area contributed by atoms with E-state index in [0.29, 0.717) is 33.9 Å². The minimum absolute atomic E-state index is 0.173. The molecule has 0 aliphatic heterocycles. The largest absolute Gasteiger partial charge is 0.496 e. The molecule has 4 rings (SSSR count). The van der Waals surface area contributed by atoms with E-state index in [0.717, 1.165) is 28.0 Å². The number of carboxylic acids is 1. The van der Waals surface area contributed by atoms with Crippen molar-refractivity contribution in [2.45, 2.75) is 19.1 Å². The highest BCUT2D eigenvalue weighted by molar-refractivity contribution is 7.18. The lowest BCUT2D eigenvalue weighted by Crippen LogP contribution is -2.28. The fourth-order valence-corrected chi connectivity index (χ4v) is 5.05. The first-order valence-corrected chi connectivity index (χ1v) is 11.9. The van der Waals surface area contributed by atoms with Crippen LogP contribution in [0.15, 0.2) is 59.4 Å². The first-order chi connectivity index (χ1) is 18.4. The first-order valence-electron chi connectivity index (χ1n) is 11.1. The Balaban J connectivity index is 1.90. The van der Waals surface area contributed by atoms with Crippen LogP contribution in [0.1, 0.15) is 22.3 Å². The maximum absolute atomic E-state index is 14.4. The van der Waals surface area contributed by atoms with Gasteiger partial charge in [-0.05, 0) is 48.0 Å². The van der Waals surface area contributed by atoms with E-state index in [9.17, 15) is 41.9 Å². The minimum Gasteiger partial charge on any atom is -0.496 e. The van der Waals surface area contributed by atoms with E-state index < -0.39 is 47.0 Å². The number of ether oxygens (including phenoxy) is 1. The summed E-state index contributed by atoms with van der Waals surface area (Å²) in [6.07, 6.45) is -5.36. The maximum atomic E-state index is 14.4. The van der Waals surface area contributed by atoms with Crippen LogP contribution >= 0.6 is 11.3 Å². The number of pyridine rings is 1. The minimum atomic E-state index is -5.03. The molecule has 2 aromatic heterocycles. The molecule has 0 saturated carbocycles. The summed E-state index contributed by atoms with van der Waals surface area (Å²) >= 11 is 1.00. The van der Waals surface area contributed by atoms with Gasteiger partial charge in [-0.1, -0.05) is 6.07 Å². The average Bonchev–Trinajstić information content (AvgIpc) is 3.35. The third-order valence-corrected chi connectivity index (χ3v) is 6.98. The quantitative estimate of drug-likeness (QED) is 0.276. The number of nitrogens with zero attached hydrogens (tertiary/aromatic N) is 2. The summed E-state index contributed by atoms with van der Waals surface area (Å²) in [6.45, 7) is -0.564. The van der Waals surface area contributed by atoms with E-state index in [1.165, 1.54) is 19.2 Å². The van der Waals surface area contributed by atoms with Gasteiger partial charge in [-0.3, -0.25) is 9.59 Å². The van der Waals surface area contributed by atoms with E-state index >= 15 is 0 Å². The predicted molar refractivity (Wildman–Crippen MR) is 133 cm³/mol. The Kier molecular flexibility index (Phi) is 7.56. The SMILES string of the molecule is COc1ccc(-c2ccc(-c3cc(C(F)(F)F)c(C#N)c(=O)n3Cc3ccc(F)cc3F)s2)cc1CC(=O)O. The number of carbonyl (C=O) groups is 1. The lowest BCUT2D eigenvalue weighted by Gasteiger charge is -2.17. The van der Waals surface area contributed by atoms with Gasteiger partial charge in [0.25, 0.3) is 5.56 Å². The van der Waals surface area contributed by atoms with Crippen molar-refractivity contribution in [1.82, 2.24) is 4.57 Å². The second-order valence-corrected chi connectivity index (χ2v) is 9.40. The number of nitriles is 1. The van der Waals surface area contributed by atoms with Crippen molar-refractivity contribution in [1.29, 1.82) is 5.26 Å². The van der Waals surface area contributed by atoms with Gasteiger partial charge in [-0.2, -0.15) is 18.4 Å². The van der Waals surface area contributed by atoms with Crippen LogP contribution in [-0.4, -0.2) is 22.8 Å². The molecule has 12 heteroatoms. The molecular weight excluding hydrogens is 543 g/mol. The molecule has 2 aromatic carbocycles. The highest BCUT2D eigenvalue weighted by atomic mass is 32.1. The molecule has 1 N–H and O–H groups in total. The third-order valence-electron chi connectivity index (χ3n) is 5.83. The number of halogens is 5. The zero-order valence-corrected chi connectivity index (χ0v) is 20.8. The van der Waals surface area contributed by atoms with Gasteiger partial charge in [-0.25, -0.2) is 8.78 Å². The fourth-order valence-electron chi connectivity index (χ4n) is 4.02. The van der Waals surface area contributed by atoms with Gasteiger partial charge in [0, 0.05) is 22.1 Å². The molecule has 0 aliphatic carbocycles. The summed E-state index contributed by atoms with van der Waals surface area (Å²) in [5.41, 5.74) is -3.36. The first kappa shape index (κ1) is 27.5. The average molecular weight is 561 g/mol. The van der Waals surface area contributed by atoms with Crippen LogP contribution in [0.5, 0.6) is 5.75 Å². The molecule has 0 saturated heterocycles. The number of hydrogen-bond donors (Lipinski definition) is 1. The Hall–Kier alpha value is -4.50. The molecule has 6 nitrogen and oxygen atoms in total. The van der Waals surface area contributed by atoms with Crippen LogP contribution < -0.4 is 10.3 Å². The molecule has 200 valence electrons. The number of rotatable bonds is 7. The second-order valence-electron chi connectivity index (χ2n) is 8.32. The summed E-state index contributed by atoms with van der Waals surface area (Å²) in [5, 5.41) is 18.6. The molecule has 39 heavy (non-hydrogen) atoms. The summed E-state index contributed by atoms with van der Waals surface area (Å²) in [7, 11) is 1.38. The predicted octanol–water partition coefficient (Wildman–Crippen LogP) is 6.10. The van der Waals surface area contributed by atoms with Gasteiger partial charge in [0.15, 0.2) is 0 Å². The van der Waals surface area contributed by atoms with Crippen molar-refractivity contribution in [2.75, 3.05) is 7.11 Å². The van der Waals surface area contributed by atoms with E-state index in [-0.39, 0.29) is 22.6 Å². The summed E-state index contributed by atoms with van der Waals surface area (Å²) in [4.78, 5) is 25.1. The zero-order chi connectivity index (χ0) is 28.5. The maximum Gasteiger partial charge on any atom is 0.417 e. The van der Waals surface area contributed by atoms with Gasteiger partial charge in [0.1, 0.15) is 29.0 Å². The van der Waals surface area contributed by atoms with E-state index in [1.54, 1.807) is 24.3 Å². The van der Waals surface area contributed by atoms with E-state index in [2.05, 4.69) is 0 Å². The molecule has 0 radical (unpaired) electrons. The van der Waals surface area contributed by atoms with Crippen molar-refractivity contribution in [2.24, 2.45) is 0 Å².